The molecule has 2 aromatic heterocycles. The van der Waals surface area contributed by atoms with Crippen molar-refractivity contribution in [2.24, 2.45) is 0 Å². The topological polar surface area (TPSA) is 30.7 Å². The van der Waals surface area contributed by atoms with E-state index in [-0.39, 0.29) is 0 Å². The van der Waals surface area contributed by atoms with E-state index in [1.807, 2.05) is 53.3 Å². The van der Waals surface area contributed by atoms with Crippen molar-refractivity contribution in [3.63, 3.8) is 0 Å². The Hall–Kier alpha value is -1.65. The molecule has 0 aliphatic rings. The van der Waals surface area contributed by atoms with Crippen LogP contribution in [0.1, 0.15) is 0 Å². The third-order valence-electron chi connectivity index (χ3n) is 2.67. The van der Waals surface area contributed by atoms with Crippen molar-refractivity contribution in [1.29, 1.82) is 0 Å². The van der Waals surface area contributed by atoms with Crippen LogP contribution in [0.3, 0.4) is 0 Å². The maximum Gasteiger partial charge on any atom is 0.111 e. The lowest BCUT2D eigenvalue weighted by Gasteiger charge is -2.01. The van der Waals surface area contributed by atoms with Crippen LogP contribution in [-0.4, -0.2) is 14.8 Å². The van der Waals surface area contributed by atoms with Gasteiger partial charge in [0.05, 0.1) is 16.4 Å². The smallest absolute Gasteiger partial charge is 0.111 e. The minimum absolute atomic E-state index is 0.621. The fraction of sp³-hybridized carbons (Fsp3) is 0. The van der Waals surface area contributed by atoms with Crippen LogP contribution >= 0.6 is 27.5 Å². The summed E-state index contributed by atoms with van der Waals surface area (Å²) < 4.78 is 2.86. The maximum absolute atomic E-state index is 5.82. The highest BCUT2D eigenvalue weighted by molar-refractivity contribution is 9.10. The minimum atomic E-state index is 0.621. The second kappa shape index (κ2) is 5.15. The van der Waals surface area contributed by atoms with Crippen LogP contribution in [0.5, 0.6) is 0 Å². The number of hydrogen-bond acceptors (Lipinski definition) is 2. The fourth-order valence-corrected chi connectivity index (χ4v) is 2.10. The molecule has 0 bridgehead atoms. The molecule has 19 heavy (non-hydrogen) atoms. The molecule has 0 saturated heterocycles. The molecule has 0 amide bonds. The third kappa shape index (κ3) is 2.69. The molecule has 0 atom stereocenters. The molecule has 94 valence electrons. The number of rotatable bonds is 2. The van der Waals surface area contributed by atoms with Crippen LogP contribution in [0.2, 0.25) is 5.02 Å². The fourth-order valence-electron chi connectivity index (χ4n) is 1.73. The Morgan fingerprint density at radius 2 is 1.74 bits per heavy atom. The first kappa shape index (κ1) is 12.4. The predicted molar refractivity (Wildman–Crippen MR) is 79.5 cm³/mol. The van der Waals surface area contributed by atoms with Crippen LogP contribution in [0.4, 0.5) is 0 Å². The van der Waals surface area contributed by atoms with Gasteiger partial charge < -0.3 is 0 Å². The Kier molecular flexibility index (Phi) is 3.36. The van der Waals surface area contributed by atoms with Crippen molar-refractivity contribution in [1.82, 2.24) is 14.8 Å². The van der Waals surface area contributed by atoms with Gasteiger partial charge in [0, 0.05) is 16.9 Å². The second-order valence-corrected chi connectivity index (χ2v) is 5.34. The molecule has 3 nitrogen and oxygen atoms in total. The van der Waals surface area contributed by atoms with E-state index >= 15 is 0 Å². The summed E-state index contributed by atoms with van der Waals surface area (Å²) >= 11 is 9.24. The van der Waals surface area contributed by atoms with E-state index < -0.39 is 0 Å². The highest BCUT2D eigenvalue weighted by Crippen LogP contribution is 2.19. The molecular formula is C14H9BrClN3. The highest BCUT2D eigenvalue weighted by Gasteiger charge is 2.05. The largest absolute Gasteiger partial charge is 0.253 e. The van der Waals surface area contributed by atoms with Gasteiger partial charge in [0.1, 0.15) is 5.69 Å². The SMILES string of the molecule is Clc1ccc(-c2ccn(-c3ccc(Br)cc3)n2)nc1. The molecule has 0 N–H and O–H groups in total. The normalized spacial score (nSPS) is 10.6. The molecule has 5 heteroatoms. The number of benzene rings is 1. The van der Waals surface area contributed by atoms with Crippen molar-refractivity contribution in [3.8, 4) is 17.1 Å². The first-order valence-corrected chi connectivity index (χ1v) is 6.83. The maximum atomic E-state index is 5.82. The number of nitrogens with zero attached hydrogens (tertiary/aromatic N) is 3. The molecule has 0 fully saturated rings. The summed E-state index contributed by atoms with van der Waals surface area (Å²) in [5.74, 6) is 0. The molecular weight excluding hydrogens is 326 g/mol. The van der Waals surface area contributed by atoms with Crippen LogP contribution in [0.25, 0.3) is 17.1 Å². The molecule has 0 radical (unpaired) electrons. The molecule has 3 rings (SSSR count). The average Bonchev–Trinajstić information content (AvgIpc) is 2.90. The average molecular weight is 335 g/mol. The van der Waals surface area contributed by atoms with Gasteiger partial charge in [-0.2, -0.15) is 5.10 Å². The summed E-state index contributed by atoms with van der Waals surface area (Å²) in [4.78, 5) is 4.25. The predicted octanol–water partition coefficient (Wildman–Crippen LogP) is 4.35. The summed E-state index contributed by atoms with van der Waals surface area (Å²) in [6.07, 6.45) is 3.53. The zero-order valence-electron chi connectivity index (χ0n) is 9.79. The van der Waals surface area contributed by atoms with Gasteiger partial charge in [-0.05, 0) is 42.5 Å². The first-order valence-electron chi connectivity index (χ1n) is 5.66. The summed E-state index contributed by atoms with van der Waals surface area (Å²) in [5, 5.41) is 5.13. The van der Waals surface area contributed by atoms with Gasteiger partial charge in [-0.3, -0.25) is 4.98 Å². The Morgan fingerprint density at radius 1 is 0.947 bits per heavy atom. The summed E-state index contributed by atoms with van der Waals surface area (Å²) in [6.45, 7) is 0. The molecule has 0 aliphatic heterocycles. The monoisotopic (exact) mass is 333 g/mol. The highest BCUT2D eigenvalue weighted by atomic mass is 79.9. The van der Waals surface area contributed by atoms with Crippen LogP contribution in [-0.2, 0) is 0 Å². The van der Waals surface area contributed by atoms with Crippen molar-refractivity contribution in [3.05, 3.63) is 64.4 Å². The zero-order chi connectivity index (χ0) is 13.2. The third-order valence-corrected chi connectivity index (χ3v) is 3.42. The minimum Gasteiger partial charge on any atom is -0.253 e. The Bertz CT molecular complexity index is 629. The van der Waals surface area contributed by atoms with Gasteiger partial charge in [-0.15, -0.1) is 0 Å². The van der Waals surface area contributed by atoms with E-state index in [0.717, 1.165) is 21.5 Å². The van der Waals surface area contributed by atoms with Crippen molar-refractivity contribution < 1.29 is 0 Å². The second-order valence-electron chi connectivity index (χ2n) is 3.98. The molecule has 0 spiro atoms. The molecule has 2 heterocycles. The standard InChI is InChI=1S/C14H9BrClN3/c15-10-1-4-12(5-2-10)19-8-7-14(18-19)13-6-3-11(16)9-17-13/h1-9H. The van der Waals surface area contributed by atoms with Gasteiger partial charge in [-0.25, -0.2) is 4.68 Å². The number of pyridine rings is 1. The van der Waals surface area contributed by atoms with Crippen LogP contribution in [0, 0.1) is 0 Å². The summed E-state index contributed by atoms with van der Waals surface area (Å²) in [6, 6.07) is 13.6. The van der Waals surface area contributed by atoms with E-state index in [4.69, 9.17) is 11.6 Å². The van der Waals surface area contributed by atoms with Crippen LogP contribution in [0.15, 0.2) is 59.3 Å². The van der Waals surface area contributed by atoms with Gasteiger partial charge in [0.25, 0.3) is 0 Å². The summed E-state index contributed by atoms with van der Waals surface area (Å²) in [7, 11) is 0. The molecule has 3 aromatic rings. The van der Waals surface area contributed by atoms with Crippen molar-refractivity contribution in [2.45, 2.75) is 0 Å². The Morgan fingerprint density at radius 3 is 2.42 bits per heavy atom. The van der Waals surface area contributed by atoms with Crippen molar-refractivity contribution in [2.75, 3.05) is 0 Å². The van der Waals surface area contributed by atoms with E-state index in [9.17, 15) is 0 Å². The number of halogens is 2. The first-order chi connectivity index (χ1) is 9.22. The molecule has 0 saturated carbocycles. The van der Waals surface area contributed by atoms with Gasteiger partial charge in [0.15, 0.2) is 0 Å². The summed E-state index contributed by atoms with van der Waals surface area (Å²) in [5.41, 5.74) is 2.63. The lowest BCUT2D eigenvalue weighted by molar-refractivity contribution is 0.882. The molecule has 1 aromatic carbocycles. The van der Waals surface area contributed by atoms with Gasteiger partial charge in [0.2, 0.25) is 0 Å². The van der Waals surface area contributed by atoms with E-state index in [1.165, 1.54) is 0 Å². The molecule has 0 aliphatic carbocycles. The Labute approximate surface area is 124 Å². The van der Waals surface area contributed by atoms with E-state index in [1.54, 1.807) is 6.20 Å². The van der Waals surface area contributed by atoms with E-state index in [2.05, 4.69) is 26.0 Å². The quantitative estimate of drug-likeness (QED) is 0.697. The number of aromatic nitrogens is 3. The van der Waals surface area contributed by atoms with Crippen LogP contribution < -0.4 is 0 Å². The van der Waals surface area contributed by atoms with Gasteiger partial charge in [-0.1, -0.05) is 27.5 Å². The van der Waals surface area contributed by atoms with E-state index in [0.29, 0.717) is 5.02 Å². The van der Waals surface area contributed by atoms with Crippen molar-refractivity contribution >= 4 is 27.5 Å². The zero-order valence-corrected chi connectivity index (χ0v) is 12.1. The Balaban J connectivity index is 1.95. The van der Waals surface area contributed by atoms with Gasteiger partial charge >= 0.3 is 0 Å². The number of hydrogen-bond donors (Lipinski definition) is 0. The molecule has 0 unspecified atom stereocenters. The lowest BCUT2D eigenvalue weighted by Crippen LogP contribution is -1.94. The lowest BCUT2D eigenvalue weighted by atomic mass is 10.3.